The van der Waals surface area contributed by atoms with Crippen molar-refractivity contribution in [3.8, 4) is 17.1 Å². The Morgan fingerprint density at radius 3 is 2.52 bits per heavy atom. The predicted molar refractivity (Wildman–Crippen MR) is 104 cm³/mol. The van der Waals surface area contributed by atoms with Crippen molar-refractivity contribution >= 4 is 17.5 Å². The summed E-state index contributed by atoms with van der Waals surface area (Å²) in [5.41, 5.74) is 1.36. The number of allylic oxidation sites excluding steroid dienone is 1. The van der Waals surface area contributed by atoms with E-state index in [2.05, 4.69) is 16.8 Å². The summed E-state index contributed by atoms with van der Waals surface area (Å²) in [6, 6.07) is 13.0. The van der Waals surface area contributed by atoms with E-state index in [1.54, 1.807) is 49.6 Å². The molecule has 0 aliphatic rings. The quantitative estimate of drug-likeness (QED) is 0.331. The number of nitrogens with zero attached hydrogens (tertiary/aromatic N) is 3. The molecule has 0 N–H and O–H groups in total. The molecular formula is C20H18FN3O2S. The number of carbonyl (C=O) groups is 1. The molecule has 0 atom stereocenters. The number of Topliss-reactive ketones (excluding diaryl/α,β-unsaturated/α-hetero) is 1. The molecule has 0 aliphatic heterocycles. The zero-order chi connectivity index (χ0) is 19.2. The molecular weight excluding hydrogens is 365 g/mol. The van der Waals surface area contributed by atoms with Crippen molar-refractivity contribution in [1.82, 2.24) is 14.8 Å². The van der Waals surface area contributed by atoms with Gasteiger partial charge in [-0.05, 0) is 48.5 Å². The normalized spacial score (nSPS) is 10.6. The molecule has 5 nitrogen and oxygen atoms in total. The third-order valence-corrected chi connectivity index (χ3v) is 4.84. The van der Waals surface area contributed by atoms with Gasteiger partial charge in [0.25, 0.3) is 0 Å². The third kappa shape index (κ3) is 4.43. The highest BCUT2D eigenvalue weighted by Gasteiger charge is 2.15. The summed E-state index contributed by atoms with van der Waals surface area (Å²) in [5.74, 6) is 1.21. The van der Waals surface area contributed by atoms with Gasteiger partial charge in [0.1, 0.15) is 11.6 Å². The fraction of sp³-hybridized carbons (Fsp3) is 0.150. The molecule has 0 amide bonds. The highest BCUT2D eigenvalue weighted by molar-refractivity contribution is 7.99. The van der Waals surface area contributed by atoms with Crippen molar-refractivity contribution in [3.05, 3.63) is 72.6 Å². The van der Waals surface area contributed by atoms with Gasteiger partial charge in [-0.3, -0.25) is 9.36 Å². The van der Waals surface area contributed by atoms with Crippen LogP contribution in [0.25, 0.3) is 11.4 Å². The van der Waals surface area contributed by atoms with Gasteiger partial charge in [0.2, 0.25) is 0 Å². The summed E-state index contributed by atoms with van der Waals surface area (Å²) in [4.78, 5) is 12.4. The van der Waals surface area contributed by atoms with Gasteiger partial charge in [-0.25, -0.2) is 4.39 Å². The highest BCUT2D eigenvalue weighted by Crippen LogP contribution is 2.25. The number of methoxy groups -OCH3 is 1. The maximum absolute atomic E-state index is 13.2. The van der Waals surface area contributed by atoms with Gasteiger partial charge in [0.15, 0.2) is 16.8 Å². The SMILES string of the molecule is C=CCn1c(SCC(=O)c2ccc(OC)cc2)nnc1-c1ccc(F)cc1. The summed E-state index contributed by atoms with van der Waals surface area (Å²) in [6.45, 7) is 4.25. The molecule has 0 saturated heterocycles. The number of benzene rings is 2. The zero-order valence-corrected chi connectivity index (χ0v) is 15.6. The van der Waals surface area contributed by atoms with E-state index in [1.165, 1.54) is 23.9 Å². The number of hydrogen-bond donors (Lipinski definition) is 0. The number of ketones is 1. The Balaban J connectivity index is 1.77. The first-order valence-corrected chi connectivity index (χ1v) is 9.21. The molecule has 1 heterocycles. The van der Waals surface area contributed by atoms with E-state index in [9.17, 15) is 9.18 Å². The number of halogens is 1. The Labute approximate surface area is 160 Å². The molecule has 7 heteroatoms. The van der Waals surface area contributed by atoms with Crippen LogP contribution in [0.15, 0.2) is 66.3 Å². The highest BCUT2D eigenvalue weighted by atomic mass is 32.2. The number of ether oxygens (including phenoxy) is 1. The zero-order valence-electron chi connectivity index (χ0n) is 14.8. The van der Waals surface area contributed by atoms with Crippen LogP contribution >= 0.6 is 11.8 Å². The minimum atomic E-state index is -0.312. The molecule has 138 valence electrons. The average molecular weight is 383 g/mol. The number of carbonyl (C=O) groups excluding carboxylic acids is 1. The first-order valence-electron chi connectivity index (χ1n) is 8.22. The lowest BCUT2D eigenvalue weighted by molar-refractivity contribution is 0.102. The van der Waals surface area contributed by atoms with Crippen molar-refractivity contribution in [2.45, 2.75) is 11.7 Å². The standard InChI is InChI=1S/C20H18FN3O2S/c1-3-12-24-19(15-4-8-16(21)9-5-15)22-23-20(24)27-13-18(25)14-6-10-17(26-2)11-7-14/h3-11H,1,12-13H2,2H3. The van der Waals surface area contributed by atoms with Gasteiger partial charge >= 0.3 is 0 Å². The van der Waals surface area contributed by atoms with Gasteiger partial charge in [-0.2, -0.15) is 0 Å². The van der Waals surface area contributed by atoms with Crippen LogP contribution < -0.4 is 4.74 Å². The topological polar surface area (TPSA) is 57.0 Å². The minimum absolute atomic E-state index is 0.0147. The van der Waals surface area contributed by atoms with Gasteiger partial charge in [0, 0.05) is 17.7 Å². The first kappa shape index (κ1) is 18.8. The molecule has 0 spiro atoms. The molecule has 3 rings (SSSR count). The van der Waals surface area contributed by atoms with E-state index in [-0.39, 0.29) is 17.4 Å². The van der Waals surface area contributed by atoms with Crippen LogP contribution in [0.3, 0.4) is 0 Å². The van der Waals surface area contributed by atoms with Crippen LogP contribution in [-0.2, 0) is 6.54 Å². The Morgan fingerprint density at radius 1 is 1.19 bits per heavy atom. The predicted octanol–water partition coefficient (Wildman–Crippen LogP) is 4.25. The smallest absolute Gasteiger partial charge is 0.192 e. The van der Waals surface area contributed by atoms with Crippen LogP contribution in [0.5, 0.6) is 5.75 Å². The van der Waals surface area contributed by atoms with E-state index in [1.807, 2.05) is 4.57 Å². The summed E-state index contributed by atoms with van der Waals surface area (Å²) in [5, 5.41) is 9.00. The average Bonchev–Trinajstić information content (AvgIpc) is 3.09. The maximum atomic E-state index is 13.2. The van der Waals surface area contributed by atoms with E-state index in [0.29, 0.717) is 28.8 Å². The Bertz CT molecular complexity index is 937. The lowest BCUT2D eigenvalue weighted by Gasteiger charge is -2.08. The summed E-state index contributed by atoms with van der Waals surface area (Å²) < 4.78 is 20.1. The van der Waals surface area contributed by atoms with Crippen LogP contribution in [0.4, 0.5) is 4.39 Å². The minimum Gasteiger partial charge on any atom is -0.497 e. The summed E-state index contributed by atoms with van der Waals surface area (Å²) in [6.07, 6.45) is 1.73. The lowest BCUT2D eigenvalue weighted by Crippen LogP contribution is -2.05. The number of aromatic nitrogens is 3. The van der Waals surface area contributed by atoms with Crippen LogP contribution in [-0.4, -0.2) is 33.4 Å². The van der Waals surface area contributed by atoms with Crippen molar-refractivity contribution in [3.63, 3.8) is 0 Å². The van der Waals surface area contributed by atoms with Crippen LogP contribution in [0.2, 0.25) is 0 Å². The second-order valence-corrected chi connectivity index (χ2v) is 6.60. The summed E-state index contributed by atoms with van der Waals surface area (Å²) >= 11 is 1.31. The van der Waals surface area contributed by atoms with Crippen molar-refractivity contribution in [2.75, 3.05) is 12.9 Å². The first-order chi connectivity index (χ1) is 13.1. The van der Waals surface area contributed by atoms with Crippen LogP contribution in [0, 0.1) is 5.82 Å². The molecule has 0 fully saturated rings. The van der Waals surface area contributed by atoms with Crippen LogP contribution in [0.1, 0.15) is 10.4 Å². The molecule has 3 aromatic rings. The monoisotopic (exact) mass is 383 g/mol. The van der Waals surface area contributed by atoms with Gasteiger partial charge < -0.3 is 4.74 Å². The maximum Gasteiger partial charge on any atom is 0.192 e. The molecule has 1 aromatic heterocycles. The third-order valence-electron chi connectivity index (χ3n) is 3.88. The number of rotatable bonds is 8. The molecule has 0 unspecified atom stereocenters. The number of thioether (sulfide) groups is 1. The van der Waals surface area contributed by atoms with E-state index < -0.39 is 0 Å². The molecule has 0 radical (unpaired) electrons. The van der Waals surface area contributed by atoms with Gasteiger partial charge in [-0.15, -0.1) is 16.8 Å². The van der Waals surface area contributed by atoms with Crippen molar-refractivity contribution in [1.29, 1.82) is 0 Å². The van der Waals surface area contributed by atoms with Gasteiger partial charge in [0.05, 0.1) is 12.9 Å². The molecule has 0 saturated carbocycles. The fourth-order valence-electron chi connectivity index (χ4n) is 2.49. The molecule has 2 aromatic carbocycles. The Morgan fingerprint density at radius 2 is 1.89 bits per heavy atom. The lowest BCUT2D eigenvalue weighted by atomic mass is 10.1. The molecule has 27 heavy (non-hydrogen) atoms. The summed E-state index contributed by atoms with van der Waals surface area (Å²) in [7, 11) is 1.58. The fourth-order valence-corrected chi connectivity index (χ4v) is 3.33. The van der Waals surface area contributed by atoms with E-state index in [0.717, 1.165) is 5.56 Å². The second kappa shape index (κ2) is 8.64. The number of hydrogen-bond acceptors (Lipinski definition) is 5. The second-order valence-electron chi connectivity index (χ2n) is 5.65. The molecule has 0 aliphatic carbocycles. The Hall–Kier alpha value is -2.93. The van der Waals surface area contributed by atoms with Crippen molar-refractivity contribution < 1.29 is 13.9 Å². The van der Waals surface area contributed by atoms with E-state index in [4.69, 9.17) is 4.74 Å². The van der Waals surface area contributed by atoms with Crippen molar-refractivity contribution in [2.24, 2.45) is 0 Å². The van der Waals surface area contributed by atoms with E-state index >= 15 is 0 Å². The largest absolute Gasteiger partial charge is 0.497 e. The molecule has 0 bridgehead atoms. The Kier molecular flexibility index (Phi) is 6.03. The van der Waals surface area contributed by atoms with Gasteiger partial charge in [-0.1, -0.05) is 17.8 Å².